The number of aromatic nitrogens is 2. The van der Waals surface area contributed by atoms with Crippen LogP contribution in [0.4, 0.5) is 0 Å². The van der Waals surface area contributed by atoms with Crippen LogP contribution >= 0.6 is 21.4 Å². The van der Waals surface area contributed by atoms with Crippen molar-refractivity contribution in [3.8, 4) is 6.07 Å². The van der Waals surface area contributed by atoms with Gasteiger partial charge in [-0.05, 0) is 24.6 Å². The number of hydrogen-bond acceptors (Lipinski definition) is 3. The first-order chi connectivity index (χ1) is 10.0. The van der Waals surface area contributed by atoms with Crippen molar-refractivity contribution in [2.24, 2.45) is 0 Å². The Labute approximate surface area is 135 Å². The maximum Gasteiger partial charge on any atom is 0.241 e. The van der Waals surface area contributed by atoms with Crippen LogP contribution in [-0.2, 0) is 15.8 Å². The summed E-state index contributed by atoms with van der Waals surface area (Å²) in [5, 5.41) is 16.2. The lowest BCUT2D eigenvalue weighted by Gasteiger charge is -1.96. The molecule has 0 bridgehead atoms. The van der Waals surface area contributed by atoms with Gasteiger partial charge in [-0.2, -0.15) is 5.26 Å². The van der Waals surface area contributed by atoms with Gasteiger partial charge in [0.05, 0.1) is 11.6 Å². The number of nitrogens with zero attached hydrogens (tertiary/aromatic N) is 2. The fraction of sp³-hybridized carbons (Fsp3) is 0.231. The second-order valence-corrected chi connectivity index (χ2v) is 6.12. The number of rotatable bonds is 2. The number of nitrogens with one attached hydrogen (secondary N) is 1. The van der Waals surface area contributed by atoms with Crippen molar-refractivity contribution >= 4 is 30.6 Å². The zero-order chi connectivity index (χ0) is 16.1. The van der Waals surface area contributed by atoms with E-state index in [9.17, 15) is 0 Å². The highest BCUT2D eigenvalue weighted by molar-refractivity contribution is 8.26. The average Bonchev–Trinajstić information content (AvgIpc) is 2.93. The molecule has 1 aromatic carbocycles. The summed E-state index contributed by atoms with van der Waals surface area (Å²) in [6, 6.07) is 9.71. The van der Waals surface area contributed by atoms with Crippen LogP contribution in [0.2, 0.25) is 0 Å². The molecule has 0 radical (unpaired) electrons. The van der Waals surface area contributed by atoms with E-state index in [1.807, 2.05) is 47.6 Å². The fourth-order valence-corrected chi connectivity index (χ4v) is 1.31. The molecule has 1 aromatic heterocycles. The fourth-order valence-electron chi connectivity index (χ4n) is 1.31. The summed E-state index contributed by atoms with van der Waals surface area (Å²) in [5.74, 6) is 0. The van der Waals surface area contributed by atoms with Crippen molar-refractivity contribution in [3.05, 3.63) is 54.1 Å². The van der Waals surface area contributed by atoms with Crippen LogP contribution in [0, 0.1) is 11.3 Å². The van der Waals surface area contributed by atoms with E-state index in [1.54, 1.807) is 6.92 Å². The Morgan fingerprint density at radius 3 is 2.29 bits per heavy atom. The third kappa shape index (κ3) is 11.0. The minimum Gasteiger partial charge on any atom is -0.397 e. The summed E-state index contributed by atoms with van der Waals surface area (Å²) in [4.78, 5) is 2.98. The lowest BCUT2D eigenvalue weighted by molar-refractivity contribution is -0.687. The van der Waals surface area contributed by atoms with Crippen LogP contribution in [-0.4, -0.2) is 20.9 Å². The van der Waals surface area contributed by atoms with E-state index in [0.29, 0.717) is 5.56 Å². The molecule has 1 heterocycles. The molecule has 0 amide bonds. The summed E-state index contributed by atoms with van der Waals surface area (Å²) in [7, 11) is 7.36. The molecule has 2 N–H and O–H groups in total. The molecule has 0 aliphatic heterocycles. The minimum atomic E-state index is -1.67. The smallest absolute Gasteiger partial charge is 0.241 e. The maximum atomic E-state index is 9.09. The maximum absolute atomic E-state index is 9.09. The van der Waals surface area contributed by atoms with Gasteiger partial charge in [0.2, 0.25) is 15.6 Å². The van der Waals surface area contributed by atoms with E-state index in [-0.39, 0.29) is 6.61 Å². The number of H-pyrrole nitrogens is 1. The Hall–Kier alpha value is -1.39. The first kappa shape index (κ1) is 19.6. The summed E-state index contributed by atoms with van der Waals surface area (Å²) >= 11 is 0. The van der Waals surface area contributed by atoms with Gasteiger partial charge < -0.3 is 5.11 Å². The van der Waals surface area contributed by atoms with Crippen molar-refractivity contribution in [1.82, 2.24) is 4.98 Å². The standard InChI is InChI=1S/C11H9N3.C2H6O.Cl2OS/c12-7-10-1-3-11(4-2-10)8-14-6-5-13-9-14;1-2-3;1-4(2)3/h1-6,9H,8H2;3H,2H2,1H3;/p+1. The Kier molecular flexibility index (Phi) is 11.5. The van der Waals surface area contributed by atoms with Crippen LogP contribution < -0.4 is 4.57 Å². The van der Waals surface area contributed by atoms with E-state index >= 15 is 0 Å². The molecule has 0 atom stereocenters. The Morgan fingerprint density at radius 2 is 1.90 bits per heavy atom. The number of aliphatic hydroxyl groups is 1. The number of nitriles is 1. The van der Waals surface area contributed by atoms with Crippen molar-refractivity contribution in [2.75, 3.05) is 6.61 Å². The molecule has 21 heavy (non-hydrogen) atoms. The van der Waals surface area contributed by atoms with Gasteiger partial charge >= 0.3 is 0 Å². The van der Waals surface area contributed by atoms with E-state index in [1.165, 1.54) is 5.56 Å². The average molecular weight is 349 g/mol. The van der Waals surface area contributed by atoms with Crippen molar-refractivity contribution < 1.29 is 13.9 Å². The molecule has 0 spiro atoms. The number of hydrogen-bond donors (Lipinski definition) is 2. The lowest BCUT2D eigenvalue weighted by Crippen LogP contribution is -2.30. The van der Waals surface area contributed by atoms with Gasteiger partial charge in [-0.15, -0.1) is 0 Å². The van der Waals surface area contributed by atoms with Crippen LogP contribution in [0.25, 0.3) is 0 Å². The molecule has 0 fully saturated rings. The highest BCUT2D eigenvalue weighted by Crippen LogP contribution is 2.02. The normalized spacial score (nSPS) is 8.95. The molecule has 2 aromatic rings. The molecule has 0 saturated heterocycles. The van der Waals surface area contributed by atoms with Gasteiger partial charge in [-0.3, -0.25) is 4.98 Å². The minimum absolute atomic E-state index is 0.250. The SMILES string of the molecule is CCO.N#Cc1ccc(C[n+]2cc[nH]c2)cc1.O=S(Cl)Cl. The van der Waals surface area contributed by atoms with E-state index in [2.05, 4.69) is 32.4 Å². The highest BCUT2D eigenvalue weighted by Gasteiger charge is 1.99. The monoisotopic (exact) mass is 348 g/mol. The molecular weight excluding hydrogens is 333 g/mol. The van der Waals surface area contributed by atoms with Gasteiger partial charge in [0.1, 0.15) is 18.9 Å². The first-order valence-corrected chi connectivity index (χ1v) is 8.69. The molecule has 0 saturated carbocycles. The van der Waals surface area contributed by atoms with E-state index in [4.69, 9.17) is 14.6 Å². The number of imidazole rings is 1. The molecule has 2 rings (SSSR count). The van der Waals surface area contributed by atoms with Crippen molar-refractivity contribution in [3.63, 3.8) is 0 Å². The van der Waals surface area contributed by atoms with Crippen LogP contribution in [0.3, 0.4) is 0 Å². The van der Waals surface area contributed by atoms with Crippen molar-refractivity contribution in [2.45, 2.75) is 13.5 Å². The number of aliphatic hydroxyl groups excluding tert-OH is 1. The second-order valence-electron chi connectivity index (χ2n) is 3.59. The largest absolute Gasteiger partial charge is 0.397 e. The van der Waals surface area contributed by atoms with E-state index < -0.39 is 9.23 Å². The van der Waals surface area contributed by atoms with Gasteiger partial charge in [0, 0.05) is 28.0 Å². The summed E-state index contributed by atoms with van der Waals surface area (Å²) in [6.45, 7) is 2.76. The molecule has 5 nitrogen and oxygen atoms in total. The Morgan fingerprint density at radius 1 is 1.38 bits per heavy atom. The summed E-state index contributed by atoms with van der Waals surface area (Å²) in [6.07, 6.45) is 5.75. The van der Waals surface area contributed by atoms with Gasteiger partial charge in [0.15, 0.2) is 0 Å². The predicted molar refractivity (Wildman–Crippen MR) is 83.9 cm³/mol. The highest BCUT2D eigenvalue weighted by atomic mass is 36.0. The summed E-state index contributed by atoms with van der Waals surface area (Å²) in [5.41, 5.74) is 1.89. The van der Waals surface area contributed by atoms with Crippen LogP contribution in [0.1, 0.15) is 18.1 Å². The quantitative estimate of drug-likeness (QED) is 0.645. The third-order valence-corrected chi connectivity index (χ3v) is 2.05. The van der Waals surface area contributed by atoms with Crippen molar-refractivity contribution in [1.29, 1.82) is 5.26 Å². The molecule has 8 heteroatoms. The zero-order valence-electron chi connectivity index (χ0n) is 11.4. The zero-order valence-corrected chi connectivity index (χ0v) is 13.7. The topological polar surface area (TPSA) is 80.8 Å². The van der Waals surface area contributed by atoms with Gasteiger partial charge in [-0.25, -0.2) is 8.78 Å². The molecule has 0 aliphatic rings. The Balaban J connectivity index is 0.000000486. The second kappa shape index (κ2) is 12.4. The first-order valence-electron chi connectivity index (χ1n) is 5.89. The number of halogens is 2. The predicted octanol–water partition coefficient (Wildman–Crippen LogP) is 2.26. The molecule has 0 unspecified atom stereocenters. The lowest BCUT2D eigenvalue weighted by atomic mass is 10.1. The van der Waals surface area contributed by atoms with Gasteiger partial charge in [0.25, 0.3) is 0 Å². The van der Waals surface area contributed by atoms with Crippen LogP contribution in [0.15, 0.2) is 43.0 Å². The molecule has 0 aliphatic carbocycles. The molecule has 114 valence electrons. The van der Waals surface area contributed by atoms with E-state index in [0.717, 1.165) is 6.54 Å². The number of aromatic amines is 1. The van der Waals surface area contributed by atoms with Gasteiger partial charge in [-0.1, -0.05) is 12.1 Å². The number of benzene rings is 1. The molecular formula is C13H16Cl2N3O2S+. The van der Waals surface area contributed by atoms with Crippen LogP contribution in [0.5, 0.6) is 0 Å². The third-order valence-electron chi connectivity index (χ3n) is 2.05. The summed E-state index contributed by atoms with van der Waals surface area (Å²) < 4.78 is 11.1. The Bertz CT molecular complexity index is 550.